The number of nitrogens with one attached hydrogen (secondary N) is 3. The number of aliphatic imine (C=N–C) groups is 1. The Labute approximate surface area is 403 Å². The Balaban J connectivity index is 0.00000281. The van der Waals surface area contributed by atoms with Gasteiger partial charge in [0.2, 0.25) is 18.2 Å². The molecule has 2 fully saturated rings. The summed E-state index contributed by atoms with van der Waals surface area (Å²) < 4.78 is 4.87. The van der Waals surface area contributed by atoms with Crippen molar-refractivity contribution in [1.29, 1.82) is 0 Å². The summed E-state index contributed by atoms with van der Waals surface area (Å²) >= 11 is 0. The van der Waals surface area contributed by atoms with E-state index in [1.54, 1.807) is 0 Å². The van der Waals surface area contributed by atoms with Crippen LogP contribution in [0.25, 0.3) is 22.3 Å². The minimum absolute atomic E-state index is 0. The van der Waals surface area contributed by atoms with E-state index >= 15 is 0 Å². The van der Waals surface area contributed by atoms with Crippen LogP contribution in [0.4, 0.5) is 4.79 Å². The predicted molar refractivity (Wildman–Crippen MR) is 270 cm³/mol. The zero-order valence-electron chi connectivity index (χ0n) is 37.1. The van der Waals surface area contributed by atoms with Gasteiger partial charge in [-0.05, 0) is 79.0 Å². The highest BCUT2D eigenvalue weighted by Gasteiger charge is 2.49. The SMILES string of the molecule is C.COOC=N[C@H](C(=O)N1CCC[C@H]1c1ncc(-c2ccc(C#Cc3ccc4nc([C@]5(Cc6ccccc6)CCCN5C(=O)[C@@H](NC(=O)OC)C(C)C)[nH]c4c3)cc2)[nH]1)C(C)C.S.S.S. The van der Waals surface area contributed by atoms with Crippen LogP contribution in [0.1, 0.15) is 95.2 Å². The van der Waals surface area contributed by atoms with Crippen molar-refractivity contribution in [2.24, 2.45) is 16.8 Å². The van der Waals surface area contributed by atoms with Crippen LogP contribution in [-0.2, 0) is 36.1 Å². The number of ether oxygens (including phenoxy) is 1. The van der Waals surface area contributed by atoms with Crippen molar-refractivity contribution in [2.45, 2.75) is 90.9 Å². The number of benzene rings is 3. The fraction of sp³-hybridized carbons (Fsp3) is 0.417. The van der Waals surface area contributed by atoms with E-state index in [4.69, 9.17) is 19.6 Å². The van der Waals surface area contributed by atoms with Gasteiger partial charge in [-0.15, -0.1) is 0 Å². The highest BCUT2D eigenvalue weighted by atomic mass is 32.1. The number of aromatic amines is 2. The van der Waals surface area contributed by atoms with Crippen molar-refractivity contribution in [2.75, 3.05) is 27.3 Å². The first kappa shape index (κ1) is 53.9. The highest BCUT2D eigenvalue weighted by Crippen LogP contribution is 2.42. The average molecular weight is 945 g/mol. The first-order valence-corrected chi connectivity index (χ1v) is 20.9. The van der Waals surface area contributed by atoms with Crippen LogP contribution in [0.15, 0.2) is 84.0 Å². The molecule has 65 heavy (non-hydrogen) atoms. The Kier molecular flexibility index (Phi) is 20.1. The number of alkyl carbamates (subject to hydrolysis) is 1. The molecule has 0 saturated carbocycles. The number of nitrogens with zero attached hydrogens (tertiary/aromatic N) is 5. The zero-order valence-corrected chi connectivity index (χ0v) is 40.1. The van der Waals surface area contributed by atoms with E-state index in [1.165, 1.54) is 20.6 Å². The minimum Gasteiger partial charge on any atom is -0.453 e. The van der Waals surface area contributed by atoms with Crippen LogP contribution in [0.2, 0.25) is 0 Å². The number of hydrogen-bond donors (Lipinski definition) is 3. The fourth-order valence-electron chi connectivity index (χ4n) is 8.49. The van der Waals surface area contributed by atoms with Crippen LogP contribution >= 0.6 is 40.5 Å². The lowest BCUT2D eigenvalue weighted by Gasteiger charge is -2.40. The normalized spacial score (nSPS) is 17.6. The lowest BCUT2D eigenvalue weighted by atomic mass is 9.86. The fourth-order valence-corrected chi connectivity index (χ4v) is 8.49. The molecule has 2 saturated heterocycles. The third kappa shape index (κ3) is 12.1. The molecule has 3 N–H and O–H groups in total. The number of amides is 3. The molecule has 17 heteroatoms. The monoisotopic (exact) mass is 944 g/mol. The van der Waals surface area contributed by atoms with Crippen molar-refractivity contribution in [1.82, 2.24) is 35.1 Å². The van der Waals surface area contributed by atoms with Gasteiger partial charge in [-0.25, -0.2) is 19.8 Å². The molecule has 350 valence electrons. The van der Waals surface area contributed by atoms with E-state index in [9.17, 15) is 14.4 Å². The number of rotatable bonds is 13. The number of fused-ring (bicyclic) bond motifs is 1. The second-order valence-electron chi connectivity index (χ2n) is 16.4. The smallest absolute Gasteiger partial charge is 0.407 e. The lowest BCUT2D eigenvalue weighted by molar-refractivity contribution is -0.188. The van der Waals surface area contributed by atoms with Crippen molar-refractivity contribution in [3.05, 3.63) is 107 Å². The van der Waals surface area contributed by atoms with E-state index in [2.05, 4.69) is 49.1 Å². The molecule has 0 spiro atoms. The number of carbonyl (C=O) groups excluding carboxylic acids is 3. The third-order valence-electron chi connectivity index (χ3n) is 11.6. The Bertz CT molecular complexity index is 2430. The zero-order chi connectivity index (χ0) is 43.1. The van der Waals surface area contributed by atoms with Crippen molar-refractivity contribution in [3.63, 3.8) is 0 Å². The van der Waals surface area contributed by atoms with E-state index < -0.39 is 23.7 Å². The Morgan fingerprint density at radius 1 is 0.908 bits per heavy atom. The molecule has 2 aliphatic heterocycles. The number of H-pyrrole nitrogens is 2. The first-order chi connectivity index (χ1) is 29.5. The second-order valence-corrected chi connectivity index (χ2v) is 16.4. The average Bonchev–Trinajstić information content (AvgIpc) is 4.10. The summed E-state index contributed by atoms with van der Waals surface area (Å²) in [6, 6.07) is 22.5. The maximum Gasteiger partial charge on any atom is 0.407 e. The number of carbonyl (C=O) groups is 3. The van der Waals surface area contributed by atoms with E-state index in [1.807, 2.05) is 104 Å². The molecule has 4 heterocycles. The van der Waals surface area contributed by atoms with Crippen molar-refractivity contribution < 1.29 is 28.9 Å². The maximum absolute atomic E-state index is 14.3. The lowest BCUT2D eigenvalue weighted by Crippen LogP contribution is -2.56. The summed E-state index contributed by atoms with van der Waals surface area (Å²) in [6.07, 6.45) is 6.09. The van der Waals surface area contributed by atoms with Gasteiger partial charge in [-0.2, -0.15) is 45.4 Å². The summed E-state index contributed by atoms with van der Waals surface area (Å²) in [5.41, 5.74) is 5.40. The van der Waals surface area contributed by atoms with Gasteiger partial charge < -0.3 is 34.7 Å². The Morgan fingerprint density at radius 2 is 1.62 bits per heavy atom. The molecule has 14 nitrogen and oxygen atoms in total. The van der Waals surface area contributed by atoms with Gasteiger partial charge in [0.25, 0.3) is 0 Å². The molecule has 3 aromatic carbocycles. The number of aromatic nitrogens is 4. The standard InChI is InChI=1S/C47H54N8O6.CH4.3H2S/c1-30(2)40(49-29-61-60-6)43(56)54-24-10-14-39(54)42-48-28-38(50-42)35-20-17-32(18-21-35)15-16-33-19-22-36-37(26-33)52-45(51-36)47(27-34-12-8-7-9-13-34)23-11-25-55(47)44(57)41(31(3)4)53-46(58)59-5;;;;/h7-9,12-13,17-22,26,28-31,39-41H,10-11,14,23-25,27H2,1-6H3,(H,48,50)(H,51,52)(H,53,58);1H4;3*1H2/t39-,40-,41-,47+;;;;/m0..../s1. The van der Waals surface area contributed by atoms with Crippen LogP contribution in [0.5, 0.6) is 0 Å². The van der Waals surface area contributed by atoms with Gasteiger partial charge in [-0.3, -0.25) is 9.59 Å². The third-order valence-corrected chi connectivity index (χ3v) is 11.6. The molecule has 2 aliphatic rings. The topological polar surface area (TPSA) is 167 Å². The molecular weight excluding hydrogens is 881 g/mol. The summed E-state index contributed by atoms with van der Waals surface area (Å²) in [6.45, 7) is 8.92. The summed E-state index contributed by atoms with van der Waals surface area (Å²) in [5, 5.41) is 2.77. The van der Waals surface area contributed by atoms with Gasteiger partial charge in [0, 0.05) is 30.6 Å². The molecule has 0 unspecified atom stereocenters. The molecule has 0 radical (unpaired) electrons. The van der Waals surface area contributed by atoms with Gasteiger partial charge in [-0.1, -0.05) is 89.4 Å². The number of likely N-dealkylation sites (tertiary alicyclic amines) is 2. The molecule has 0 aliphatic carbocycles. The largest absolute Gasteiger partial charge is 0.453 e. The quantitative estimate of drug-likeness (QED) is 0.0351. The first-order valence-electron chi connectivity index (χ1n) is 20.9. The van der Waals surface area contributed by atoms with Gasteiger partial charge >= 0.3 is 6.09 Å². The Morgan fingerprint density at radius 3 is 2.29 bits per heavy atom. The molecule has 4 atom stereocenters. The number of imidazole rings is 2. The molecule has 0 bridgehead atoms. The minimum atomic E-state index is -0.759. The molecular formula is C48H64N8O6S3. The number of hydrogen-bond acceptors (Lipinski definition) is 9. The molecule has 3 amide bonds. The van der Waals surface area contributed by atoms with Crippen molar-refractivity contribution in [3.8, 4) is 23.1 Å². The maximum atomic E-state index is 14.3. The van der Waals surface area contributed by atoms with Gasteiger partial charge in [0.15, 0.2) is 0 Å². The molecule has 2 aromatic heterocycles. The summed E-state index contributed by atoms with van der Waals surface area (Å²) in [5.74, 6) is 7.65. The van der Waals surface area contributed by atoms with Crippen LogP contribution < -0.4 is 5.32 Å². The summed E-state index contributed by atoms with van der Waals surface area (Å²) in [7, 11) is 2.69. The second kappa shape index (κ2) is 24.2. The molecule has 5 aromatic rings. The summed E-state index contributed by atoms with van der Waals surface area (Å²) in [4.78, 5) is 74.5. The van der Waals surface area contributed by atoms with Gasteiger partial charge in [0.05, 0.1) is 43.2 Å². The van der Waals surface area contributed by atoms with Gasteiger partial charge in [0.1, 0.15) is 29.3 Å². The van der Waals surface area contributed by atoms with Crippen molar-refractivity contribution >= 4 is 75.8 Å². The van der Waals surface area contributed by atoms with E-state index in [0.717, 1.165) is 64.1 Å². The molecule has 7 rings (SSSR count). The van der Waals surface area contributed by atoms with E-state index in [-0.39, 0.29) is 77.6 Å². The van der Waals surface area contributed by atoms with Crippen LogP contribution in [0, 0.1) is 23.7 Å². The highest BCUT2D eigenvalue weighted by molar-refractivity contribution is 7.59. The number of methoxy groups -OCH3 is 1. The van der Waals surface area contributed by atoms with Crippen LogP contribution in [0.3, 0.4) is 0 Å². The van der Waals surface area contributed by atoms with E-state index in [0.29, 0.717) is 31.8 Å². The predicted octanol–water partition coefficient (Wildman–Crippen LogP) is 8.06. The Hall–Kier alpha value is -5.41. The van der Waals surface area contributed by atoms with Crippen LogP contribution in [-0.4, -0.2) is 93.4 Å².